The second-order valence-electron chi connectivity index (χ2n) is 8.89. The lowest BCUT2D eigenvalue weighted by molar-refractivity contribution is -0.164. The summed E-state index contributed by atoms with van der Waals surface area (Å²) >= 11 is 0. The smallest absolute Gasteiger partial charge is 0.412 e. The minimum Gasteiger partial charge on any atom is -0.437 e. The first-order valence-corrected chi connectivity index (χ1v) is 11.4. The maximum absolute atomic E-state index is 13.4. The second kappa shape index (κ2) is 9.23. The molecular formula is C26H30F2N2O3. The molecule has 176 valence electrons. The largest absolute Gasteiger partial charge is 0.437 e. The number of ether oxygens (including phenoxy) is 1. The molecule has 2 heterocycles. The van der Waals surface area contributed by atoms with Crippen LogP contribution >= 0.6 is 0 Å². The lowest BCUT2D eigenvalue weighted by Gasteiger charge is -2.44. The van der Waals surface area contributed by atoms with Crippen LogP contribution in [0.2, 0.25) is 0 Å². The molecule has 0 radical (unpaired) electrons. The summed E-state index contributed by atoms with van der Waals surface area (Å²) in [5.74, 6) is -0.603. The number of likely N-dealkylation sites (N-methyl/N-ethyl adjacent to an activating group) is 1. The summed E-state index contributed by atoms with van der Waals surface area (Å²) in [6, 6.07) is 12.6. The van der Waals surface area contributed by atoms with Crippen LogP contribution in [0.5, 0.6) is 0 Å². The maximum Gasteiger partial charge on any atom is 0.412 e. The Morgan fingerprint density at radius 3 is 2.00 bits per heavy atom. The molecule has 1 unspecified atom stereocenters. The van der Waals surface area contributed by atoms with Crippen molar-refractivity contribution in [1.82, 2.24) is 9.80 Å². The molecule has 1 spiro atoms. The van der Waals surface area contributed by atoms with Crippen LogP contribution in [0.15, 0.2) is 54.6 Å². The Labute approximate surface area is 193 Å². The third kappa shape index (κ3) is 4.52. The van der Waals surface area contributed by atoms with Gasteiger partial charge < -0.3 is 14.7 Å². The number of halogens is 2. The first-order valence-electron chi connectivity index (χ1n) is 11.4. The molecule has 33 heavy (non-hydrogen) atoms. The number of carbonyl (C=O) groups is 1. The predicted octanol–water partition coefficient (Wildman–Crippen LogP) is 4.80. The van der Waals surface area contributed by atoms with E-state index in [4.69, 9.17) is 4.74 Å². The first kappa shape index (κ1) is 23.4. The maximum atomic E-state index is 13.4. The summed E-state index contributed by atoms with van der Waals surface area (Å²) in [6.07, 6.45) is 3.51. The summed E-state index contributed by atoms with van der Waals surface area (Å²) in [7, 11) is 0. The van der Waals surface area contributed by atoms with Crippen molar-refractivity contribution in [3.05, 3.63) is 77.4 Å². The van der Waals surface area contributed by atoms with Crippen molar-refractivity contribution in [3.8, 4) is 0 Å². The van der Waals surface area contributed by atoms with Gasteiger partial charge >= 0.3 is 6.09 Å². The lowest BCUT2D eigenvalue weighted by Crippen LogP contribution is -2.60. The summed E-state index contributed by atoms with van der Waals surface area (Å²) in [5.41, 5.74) is 0.473. The van der Waals surface area contributed by atoms with Gasteiger partial charge in [0.25, 0.3) is 0 Å². The van der Waals surface area contributed by atoms with Gasteiger partial charge in [0.2, 0.25) is 0 Å². The monoisotopic (exact) mass is 456 g/mol. The van der Waals surface area contributed by atoms with Gasteiger partial charge in [-0.2, -0.15) is 0 Å². The van der Waals surface area contributed by atoms with Crippen LogP contribution in [-0.4, -0.2) is 58.5 Å². The van der Waals surface area contributed by atoms with E-state index >= 15 is 0 Å². The Bertz CT molecular complexity index is 963. The van der Waals surface area contributed by atoms with Crippen molar-refractivity contribution in [2.75, 3.05) is 26.2 Å². The Balaban J connectivity index is 1.43. The molecule has 0 bridgehead atoms. The van der Waals surface area contributed by atoms with E-state index < -0.39 is 17.4 Å². The van der Waals surface area contributed by atoms with E-state index in [-0.39, 0.29) is 11.6 Å². The third-order valence-corrected chi connectivity index (χ3v) is 6.98. The van der Waals surface area contributed by atoms with Crippen molar-refractivity contribution >= 4 is 11.7 Å². The fourth-order valence-corrected chi connectivity index (χ4v) is 4.95. The standard InChI is InChI=1S/C26H30F2N2O3/c1-3-30-24(31)33-26(25(30,2)32)14-17-29(18-15-26)16-4-5-23(19-6-10-21(27)11-7-19)20-8-12-22(28)13-9-20/h5-13,32H,3-4,14-18H2,1-2H3. The van der Waals surface area contributed by atoms with Gasteiger partial charge in [0.05, 0.1) is 0 Å². The highest BCUT2D eigenvalue weighted by Crippen LogP contribution is 2.44. The SMILES string of the molecule is CCN1C(=O)OC2(CCN(CCC=C(c3ccc(F)cc3)c3ccc(F)cc3)CC2)C1(C)O. The van der Waals surface area contributed by atoms with Gasteiger partial charge in [-0.1, -0.05) is 30.3 Å². The highest BCUT2D eigenvalue weighted by Gasteiger charge is 2.62. The molecule has 0 aromatic heterocycles. The van der Waals surface area contributed by atoms with E-state index in [2.05, 4.69) is 11.0 Å². The molecule has 4 rings (SSSR count). The van der Waals surface area contributed by atoms with Gasteiger partial charge in [0.15, 0.2) is 11.3 Å². The summed E-state index contributed by atoms with van der Waals surface area (Å²) in [4.78, 5) is 15.9. The number of hydrogen-bond donors (Lipinski definition) is 1. The Morgan fingerprint density at radius 1 is 1.03 bits per heavy atom. The average Bonchev–Trinajstić information content (AvgIpc) is 2.98. The highest BCUT2D eigenvalue weighted by atomic mass is 19.1. The molecule has 1 atom stereocenters. The number of amides is 1. The van der Waals surface area contributed by atoms with Crippen LogP contribution in [0.1, 0.15) is 44.2 Å². The number of benzene rings is 2. The zero-order valence-electron chi connectivity index (χ0n) is 19.1. The molecule has 0 aliphatic carbocycles. The number of piperidine rings is 1. The molecule has 5 nitrogen and oxygen atoms in total. The van der Waals surface area contributed by atoms with Gasteiger partial charge in [0.1, 0.15) is 11.6 Å². The zero-order chi connectivity index (χ0) is 23.6. The normalized spacial score (nSPS) is 22.5. The van der Waals surface area contributed by atoms with E-state index in [0.29, 0.717) is 32.5 Å². The highest BCUT2D eigenvalue weighted by molar-refractivity contribution is 5.79. The number of hydrogen-bond acceptors (Lipinski definition) is 4. The third-order valence-electron chi connectivity index (χ3n) is 6.98. The van der Waals surface area contributed by atoms with Crippen molar-refractivity contribution in [3.63, 3.8) is 0 Å². The zero-order valence-corrected chi connectivity index (χ0v) is 19.1. The second-order valence-corrected chi connectivity index (χ2v) is 8.89. The summed E-state index contributed by atoms with van der Waals surface area (Å²) < 4.78 is 32.5. The van der Waals surface area contributed by atoms with Crippen molar-refractivity contribution in [1.29, 1.82) is 0 Å². The van der Waals surface area contributed by atoms with Crippen LogP contribution in [0.4, 0.5) is 13.6 Å². The molecule has 2 aromatic carbocycles. The molecule has 2 fully saturated rings. The molecular weight excluding hydrogens is 426 g/mol. The van der Waals surface area contributed by atoms with Crippen LogP contribution in [0.3, 0.4) is 0 Å². The van der Waals surface area contributed by atoms with Gasteiger partial charge in [-0.25, -0.2) is 13.6 Å². The van der Waals surface area contributed by atoms with Crippen LogP contribution in [-0.2, 0) is 4.74 Å². The fourth-order valence-electron chi connectivity index (χ4n) is 4.95. The molecule has 0 saturated carbocycles. The van der Waals surface area contributed by atoms with Crippen LogP contribution in [0, 0.1) is 11.6 Å². The molecule has 2 aliphatic rings. The van der Waals surface area contributed by atoms with Gasteiger partial charge in [0, 0.05) is 39.0 Å². The minimum absolute atomic E-state index is 0.301. The Hall–Kier alpha value is -2.77. The number of aliphatic hydroxyl groups is 1. The van der Waals surface area contributed by atoms with E-state index in [9.17, 15) is 18.7 Å². The quantitative estimate of drug-likeness (QED) is 0.678. The van der Waals surface area contributed by atoms with Crippen molar-refractivity contribution < 1.29 is 23.4 Å². The molecule has 7 heteroatoms. The van der Waals surface area contributed by atoms with E-state index in [1.165, 1.54) is 29.2 Å². The van der Waals surface area contributed by atoms with E-state index in [0.717, 1.165) is 29.7 Å². The van der Waals surface area contributed by atoms with Crippen molar-refractivity contribution in [2.45, 2.75) is 44.4 Å². The fraction of sp³-hybridized carbons (Fsp3) is 0.423. The molecule has 2 aliphatic heterocycles. The molecule has 2 aromatic rings. The lowest BCUT2D eigenvalue weighted by atomic mass is 9.82. The Kier molecular flexibility index (Phi) is 6.54. The summed E-state index contributed by atoms with van der Waals surface area (Å²) in [6.45, 7) is 6.09. The molecule has 1 N–H and O–H groups in total. The van der Waals surface area contributed by atoms with E-state index in [1.54, 1.807) is 31.2 Å². The number of likely N-dealkylation sites (tertiary alicyclic amines) is 1. The Morgan fingerprint density at radius 2 is 1.55 bits per heavy atom. The summed E-state index contributed by atoms with van der Waals surface area (Å²) in [5, 5.41) is 11.0. The van der Waals surface area contributed by atoms with Crippen LogP contribution in [0.25, 0.3) is 5.57 Å². The van der Waals surface area contributed by atoms with Crippen LogP contribution < -0.4 is 0 Å². The molecule has 2 saturated heterocycles. The van der Waals surface area contributed by atoms with Gasteiger partial charge in [-0.3, -0.25) is 4.90 Å². The molecule has 1 amide bonds. The van der Waals surface area contributed by atoms with E-state index in [1.807, 2.05) is 6.92 Å². The predicted molar refractivity (Wildman–Crippen MR) is 122 cm³/mol. The average molecular weight is 457 g/mol. The topological polar surface area (TPSA) is 53.0 Å². The number of nitrogens with zero attached hydrogens (tertiary/aromatic N) is 2. The van der Waals surface area contributed by atoms with Gasteiger partial charge in [-0.05, 0) is 61.2 Å². The minimum atomic E-state index is -1.32. The first-order chi connectivity index (χ1) is 15.8. The number of rotatable bonds is 6. The van der Waals surface area contributed by atoms with Gasteiger partial charge in [-0.15, -0.1) is 0 Å². The van der Waals surface area contributed by atoms with Crippen molar-refractivity contribution in [2.24, 2.45) is 0 Å². The number of carbonyl (C=O) groups excluding carboxylic acids is 1.